The molecule has 0 aliphatic heterocycles. The van der Waals surface area contributed by atoms with Crippen molar-refractivity contribution in [2.75, 3.05) is 7.11 Å². The van der Waals surface area contributed by atoms with E-state index < -0.39 is 0 Å². The van der Waals surface area contributed by atoms with Gasteiger partial charge in [0.15, 0.2) is 0 Å². The number of benzene rings is 2. The lowest BCUT2D eigenvalue weighted by Gasteiger charge is -2.07. The predicted molar refractivity (Wildman–Crippen MR) is 106 cm³/mol. The van der Waals surface area contributed by atoms with Gasteiger partial charge >= 0.3 is 5.97 Å². The Kier molecular flexibility index (Phi) is 5.67. The molecule has 3 rings (SSSR count). The first-order chi connectivity index (χ1) is 13.1. The second-order valence-electron chi connectivity index (χ2n) is 6.22. The smallest absolute Gasteiger partial charge is 0.338 e. The van der Waals surface area contributed by atoms with Crippen molar-refractivity contribution < 1.29 is 14.3 Å². The molecule has 1 aromatic heterocycles. The van der Waals surface area contributed by atoms with Crippen molar-refractivity contribution in [2.45, 2.75) is 13.5 Å². The SMILES string of the molecule is COC(=O)c1ccccc1/C=C/Cn1cccc1C(=O)c1ccc(C)cc1. The second kappa shape index (κ2) is 8.32. The maximum Gasteiger partial charge on any atom is 0.338 e. The molecule has 0 N–H and O–H groups in total. The molecule has 0 aliphatic rings. The Labute approximate surface area is 158 Å². The summed E-state index contributed by atoms with van der Waals surface area (Å²) in [6, 6.07) is 18.5. The highest BCUT2D eigenvalue weighted by Gasteiger charge is 2.13. The zero-order valence-electron chi connectivity index (χ0n) is 15.4. The summed E-state index contributed by atoms with van der Waals surface area (Å²) in [7, 11) is 1.37. The van der Waals surface area contributed by atoms with Crippen molar-refractivity contribution in [2.24, 2.45) is 0 Å². The van der Waals surface area contributed by atoms with Crippen molar-refractivity contribution in [3.63, 3.8) is 0 Å². The molecule has 0 unspecified atom stereocenters. The van der Waals surface area contributed by atoms with E-state index in [1.807, 2.05) is 78.4 Å². The molecule has 0 radical (unpaired) electrons. The molecule has 0 spiro atoms. The summed E-state index contributed by atoms with van der Waals surface area (Å²) >= 11 is 0. The number of aromatic nitrogens is 1. The van der Waals surface area contributed by atoms with E-state index in [9.17, 15) is 9.59 Å². The van der Waals surface area contributed by atoms with Crippen molar-refractivity contribution in [3.05, 3.63) is 101 Å². The minimum atomic E-state index is -0.369. The molecule has 0 saturated carbocycles. The van der Waals surface area contributed by atoms with Crippen molar-refractivity contribution in [3.8, 4) is 0 Å². The molecule has 0 saturated heterocycles. The molecular formula is C23H21NO3. The summed E-state index contributed by atoms with van der Waals surface area (Å²) in [4.78, 5) is 24.6. The van der Waals surface area contributed by atoms with Crippen LogP contribution in [0.15, 0.2) is 72.9 Å². The molecule has 27 heavy (non-hydrogen) atoms. The summed E-state index contributed by atoms with van der Waals surface area (Å²) in [5.41, 5.74) is 3.71. The molecule has 0 amide bonds. The van der Waals surface area contributed by atoms with Gasteiger partial charge in [-0.05, 0) is 30.7 Å². The lowest BCUT2D eigenvalue weighted by atomic mass is 10.1. The van der Waals surface area contributed by atoms with Crippen LogP contribution in [-0.2, 0) is 11.3 Å². The summed E-state index contributed by atoms with van der Waals surface area (Å²) in [5.74, 6) is -0.380. The highest BCUT2D eigenvalue weighted by atomic mass is 16.5. The molecule has 136 valence electrons. The van der Waals surface area contributed by atoms with Crippen LogP contribution in [0.5, 0.6) is 0 Å². The summed E-state index contributed by atoms with van der Waals surface area (Å²) in [6.07, 6.45) is 5.66. The van der Waals surface area contributed by atoms with Gasteiger partial charge in [-0.2, -0.15) is 0 Å². The number of hydrogen-bond acceptors (Lipinski definition) is 3. The van der Waals surface area contributed by atoms with Crippen molar-refractivity contribution in [1.82, 2.24) is 4.57 Å². The van der Waals surface area contributed by atoms with Crippen LogP contribution >= 0.6 is 0 Å². The van der Waals surface area contributed by atoms with Gasteiger partial charge in [-0.15, -0.1) is 0 Å². The zero-order chi connectivity index (χ0) is 19.2. The molecule has 0 aliphatic carbocycles. The highest BCUT2D eigenvalue weighted by molar-refractivity contribution is 6.08. The molecule has 4 nitrogen and oxygen atoms in total. The number of allylic oxidation sites excluding steroid dienone is 1. The van der Waals surface area contributed by atoms with Gasteiger partial charge in [-0.1, -0.05) is 60.2 Å². The predicted octanol–water partition coefficient (Wildman–Crippen LogP) is 4.53. The molecule has 2 aromatic carbocycles. The zero-order valence-corrected chi connectivity index (χ0v) is 15.4. The Hall–Kier alpha value is -3.40. The fraction of sp³-hybridized carbons (Fsp3) is 0.130. The molecule has 0 fully saturated rings. The fourth-order valence-corrected chi connectivity index (χ4v) is 2.86. The molecule has 4 heteroatoms. The average Bonchev–Trinajstić information content (AvgIpc) is 3.16. The number of carbonyl (C=O) groups is 2. The average molecular weight is 359 g/mol. The van der Waals surface area contributed by atoms with E-state index in [2.05, 4.69) is 0 Å². The first kappa shape index (κ1) is 18.4. The quantitative estimate of drug-likeness (QED) is 0.480. The number of aryl methyl sites for hydroxylation is 1. The number of carbonyl (C=O) groups excluding carboxylic acids is 2. The van der Waals surface area contributed by atoms with Crippen LogP contribution in [0.25, 0.3) is 6.08 Å². The van der Waals surface area contributed by atoms with Crippen LogP contribution in [0.1, 0.15) is 37.5 Å². The second-order valence-corrected chi connectivity index (χ2v) is 6.22. The lowest BCUT2D eigenvalue weighted by Crippen LogP contribution is -2.09. The van der Waals surface area contributed by atoms with Gasteiger partial charge in [0, 0.05) is 18.3 Å². The molecule has 3 aromatic rings. The van der Waals surface area contributed by atoms with Gasteiger partial charge in [0.1, 0.15) is 0 Å². The lowest BCUT2D eigenvalue weighted by molar-refractivity contribution is 0.0600. The Balaban J connectivity index is 1.78. The van der Waals surface area contributed by atoms with Gasteiger partial charge in [0.25, 0.3) is 0 Å². The maximum atomic E-state index is 12.7. The van der Waals surface area contributed by atoms with Crippen LogP contribution in [-0.4, -0.2) is 23.4 Å². The maximum absolute atomic E-state index is 12.7. The van der Waals surface area contributed by atoms with E-state index >= 15 is 0 Å². The largest absolute Gasteiger partial charge is 0.465 e. The van der Waals surface area contributed by atoms with Crippen LogP contribution < -0.4 is 0 Å². The van der Waals surface area contributed by atoms with E-state index in [1.54, 1.807) is 12.1 Å². The Bertz CT molecular complexity index is 981. The van der Waals surface area contributed by atoms with E-state index in [-0.39, 0.29) is 11.8 Å². The van der Waals surface area contributed by atoms with Gasteiger partial charge in [0.05, 0.1) is 18.4 Å². The minimum Gasteiger partial charge on any atom is -0.465 e. The third-order valence-electron chi connectivity index (χ3n) is 4.34. The third kappa shape index (κ3) is 4.23. The van der Waals surface area contributed by atoms with Crippen molar-refractivity contribution in [1.29, 1.82) is 0 Å². The van der Waals surface area contributed by atoms with E-state index in [1.165, 1.54) is 7.11 Å². The number of nitrogens with zero attached hydrogens (tertiary/aromatic N) is 1. The topological polar surface area (TPSA) is 48.3 Å². The summed E-state index contributed by atoms with van der Waals surface area (Å²) in [6.45, 7) is 2.52. The van der Waals surface area contributed by atoms with Crippen LogP contribution in [0.2, 0.25) is 0 Å². The summed E-state index contributed by atoms with van der Waals surface area (Å²) in [5, 5.41) is 0. The van der Waals surface area contributed by atoms with E-state index in [0.717, 1.165) is 11.1 Å². The van der Waals surface area contributed by atoms with E-state index in [0.29, 0.717) is 23.4 Å². The number of hydrogen-bond donors (Lipinski definition) is 0. The van der Waals surface area contributed by atoms with Crippen LogP contribution in [0.4, 0.5) is 0 Å². The monoisotopic (exact) mass is 359 g/mol. The van der Waals surface area contributed by atoms with Gasteiger partial charge in [0.2, 0.25) is 5.78 Å². The van der Waals surface area contributed by atoms with Crippen LogP contribution in [0, 0.1) is 6.92 Å². The van der Waals surface area contributed by atoms with Gasteiger partial charge in [-0.3, -0.25) is 4.79 Å². The normalized spacial score (nSPS) is 10.9. The van der Waals surface area contributed by atoms with Crippen molar-refractivity contribution >= 4 is 17.8 Å². The standard InChI is InChI=1S/C23H21NO3/c1-17-11-13-19(14-12-17)22(25)21-10-6-16-24(21)15-5-8-18-7-3-4-9-20(18)23(26)27-2/h3-14,16H,15H2,1-2H3/b8-5+. The molecule has 0 atom stereocenters. The number of ether oxygens (including phenoxy) is 1. The number of rotatable bonds is 6. The Morgan fingerprint density at radius 3 is 2.48 bits per heavy atom. The molecule has 1 heterocycles. The first-order valence-corrected chi connectivity index (χ1v) is 8.70. The molecule has 0 bridgehead atoms. The fourth-order valence-electron chi connectivity index (χ4n) is 2.86. The van der Waals surface area contributed by atoms with Gasteiger partial charge < -0.3 is 9.30 Å². The van der Waals surface area contributed by atoms with Gasteiger partial charge in [-0.25, -0.2) is 4.79 Å². The Morgan fingerprint density at radius 2 is 1.74 bits per heavy atom. The number of methoxy groups -OCH3 is 1. The summed E-state index contributed by atoms with van der Waals surface area (Å²) < 4.78 is 6.70. The third-order valence-corrected chi connectivity index (χ3v) is 4.34. The Morgan fingerprint density at radius 1 is 1.00 bits per heavy atom. The minimum absolute atomic E-state index is 0.0108. The number of ketones is 1. The highest BCUT2D eigenvalue weighted by Crippen LogP contribution is 2.14. The van der Waals surface area contributed by atoms with Crippen LogP contribution in [0.3, 0.4) is 0 Å². The first-order valence-electron chi connectivity index (χ1n) is 8.70. The molecular weight excluding hydrogens is 338 g/mol. The number of esters is 1. The van der Waals surface area contributed by atoms with E-state index in [4.69, 9.17) is 4.74 Å².